The lowest BCUT2D eigenvalue weighted by molar-refractivity contribution is -0.201. The minimum atomic E-state index is -4.58. The van der Waals surface area contributed by atoms with Crippen LogP contribution >= 0.6 is 19.4 Å². The third-order valence-electron chi connectivity index (χ3n) is 2.87. The fourth-order valence-electron chi connectivity index (χ4n) is 1.77. The van der Waals surface area contributed by atoms with Crippen molar-refractivity contribution < 1.29 is 19.1 Å². The zero-order valence-electron chi connectivity index (χ0n) is 11.4. The number of rotatable bonds is 3. The molecule has 1 saturated heterocycles. The summed E-state index contributed by atoms with van der Waals surface area (Å²) in [6.45, 7) is 1.46. The smallest absolute Gasteiger partial charge is 0.330 e. The maximum Gasteiger partial charge on any atom is 0.330 e. The van der Waals surface area contributed by atoms with Crippen molar-refractivity contribution >= 4 is 25.2 Å². The second kappa shape index (κ2) is 6.34. The Morgan fingerprint density at radius 3 is 2.76 bits per heavy atom. The highest BCUT2D eigenvalue weighted by Gasteiger charge is 2.33. The Balaban J connectivity index is 0.00000220. The molecule has 3 unspecified atom stereocenters. The van der Waals surface area contributed by atoms with Crippen LogP contribution in [0.1, 0.15) is 5.56 Å². The van der Waals surface area contributed by atoms with E-state index in [0.717, 1.165) is 16.3 Å². The molecule has 0 aliphatic carbocycles. The largest absolute Gasteiger partial charge is 0.776 e. The SMILES string of the molecule is Cc1c(N)n(CC2CSC(P(=O)([O-])O)O2)c(=O)[nH]c1=O.[NH4+]. The van der Waals surface area contributed by atoms with Crippen LogP contribution in [0.4, 0.5) is 5.82 Å². The molecule has 12 heteroatoms. The predicted octanol–water partition coefficient (Wildman–Crippen LogP) is -1.24. The number of hydrogen-bond donors (Lipinski definition) is 4. The molecule has 1 aliphatic heterocycles. The lowest BCUT2D eigenvalue weighted by Crippen LogP contribution is -2.37. The van der Waals surface area contributed by atoms with E-state index in [-0.39, 0.29) is 29.8 Å². The van der Waals surface area contributed by atoms with Crippen LogP contribution in [0, 0.1) is 6.92 Å². The van der Waals surface area contributed by atoms with E-state index in [1.165, 1.54) is 6.92 Å². The fraction of sp³-hybridized carbons (Fsp3) is 0.556. The number of H-pyrrole nitrogens is 1. The third-order valence-corrected chi connectivity index (χ3v) is 5.73. The van der Waals surface area contributed by atoms with Crippen molar-refractivity contribution in [3.63, 3.8) is 0 Å². The Kier molecular flexibility index (Phi) is 5.42. The maximum absolute atomic E-state index is 11.7. The lowest BCUT2D eigenvalue weighted by atomic mass is 10.3. The molecule has 0 aromatic carbocycles. The molecule has 10 nitrogen and oxygen atoms in total. The number of hydrogen-bond acceptors (Lipinski definition) is 7. The van der Waals surface area contributed by atoms with E-state index in [0.29, 0.717) is 0 Å². The summed E-state index contributed by atoms with van der Waals surface area (Å²) in [4.78, 5) is 45.0. The average Bonchev–Trinajstić information content (AvgIpc) is 2.80. The van der Waals surface area contributed by atoms with Crippen molar-refractivity contribution in [2.45, 2.75) is 24.7 Å². The maximum atomic E-state index is 11.7. The van der Waals surface area contributed by atoms with Crippen LogP contribution in [0.25, 0.3) is 0 Å². The molecule has 21 heavy (non-hydrogen) atoms. The van der Waals surface area contributed by atoms with Gasteiger partial charge in [-0.25, -0.2) is 4.79 Å². The Morgan fingerprint density at radius 2 is 2.24 bits per heavy atom. The highest BCUT2D eigenvalue weighted by Crippen LogP contribution is 2.48. The van der Waals surface area contributed by atoms with Gasteiger partial charge in [0.2, 0.25) is 0 Å². The predicted molar refractivity (Wildman–Crippen MR) is 77.4 cm³/mol. The molecule has 1 fully saturated rings. The molecule has 3 atom stereocenters. The number of nitrogens with one attached hydrogen (secondary N) is 1. The van der Waals surface area contributed by atoms with Crippen molar-refractivity contribution in [1.82, 2.24) is 15.7 Å². The molecule has 1 aromatic rings. The molecule has 2 rings (SSSR count). The molecule has 0 radical (unpaired) electrons. The number of aromatic nitrogens is 2. The number of nitrogens with two attached hydrogens (primary N) is 1. The van der Waals surface area contributed by atoms with Gasteiger partial charge in [-0.15, -0.1) is 11.8 Å². The number of anilines is 1. The Hall–Kier alpha value is -1.10. The molecule has 0 bridgehead atoms. The number of quaternary nitrogens is 1. The van der Waals surface area contributed by atoms with E-state index in [9.17, 15) is 19.0 Å². The highest BCUT2D eigenvalue weighted by atomic mass is 32.2. The van der Waals surface area contributed by atoms with Gasteiger partial charge in [0.1, 0.15) is 5.82 Å². The monoisotopic (exact) mass is 340 g/mol. The van der Waals surface area contributed by atoms with Gasteiger partial charge in [-0.05, 0) is 6.92 Å². The standard InChI is InChI=1S/C9H14N3O6PS.H3N/c1-4-6(10)12(8(14)11-7(4)13)2-5-3-20-9(18-5)19(15,16)17;/h5,9H,2-3,10H2,1H3,(H,11,13,14)(H2,15,16,17);1H3. The van der Waals surface area contributed by atoms with Gasteiger partial charge in [-0.3, -0.25) is 14.3 Å². The van der Waals surface area contributed by atoms with Crippen LogP contribution in [0.2, 0.25) is 0 Å². The zero-order valence-corrected chi connectivity index (χ0v) is 13.1. The van der Waals surface area contributed by atoms with Crippen molar-refractivity contribution in [2.24, 2.45) is 0 Å². The Morgan fingerprint density at radius 1 is 1.62 bits per heavy atom. The van der Waals surface area contributed by atoms with E-state index in [2.05, 4.69) is 4.98 Å². The molecule has 2 heterocycles. The summed E-state index contributed by atoms with van der Waals surface area (Å²) in [7, 11) is -4.58. The quantitative estimate of drug-likeness (QED) is 0.492. The summed E-state index contributed by atoms with van der Waals surface area (Å²) in [6.07, 6.45) is -0.607. The van der Waals surface area contributed by atoms with Crippen LogP contribution in [-0.4, -0.2) is 31.5 Å². The molecule has 1 aliphatic rings. The molecule has 0 spiro atoms. The Bertz CT molecular complexity index is 682. The first kappa shape index (κ1) is 18.0. The van der Waals surface area contributed by atoms with Gasteiger partial charge in [0.25, 0.3) is 5.56 Å². The van der Waals surface area contributed by atoms with Gasteiger partial charge in [0.05, 0.1) is 18.2 Å². The van der Waals surface area contributed by atoms with Gasteiger partial charge < -0.3 is 31.0 Å². The van der Waals surface area contributed by atoms with Crippen molar-refractivity contribution in [2.75, 3.05) is 11.5 Å². The normalized spacial score (nSPS) is 24.3. The van der Waals surface area contributed by atoms with Crippen LogP contribution in [0.3, 0.4) is 0 Å². The molecule has 1 aromatic heterocycles. The van der Waals surface area contributed by atoms with E-state index in [1.807, 2.05) is 0 Å². The third kappa shape index (κ3) is 3.76. The minimum absolute atomic E-state index is 0. The lowest BCUT2D eigenvalue weighted by Gasteiger charge is -2.22. The van der Waals surface area contributed by atoms with Gasteiger partial charge in [-0.2, -0.15) is 0 Å². The van der Waals surface area contributed by atoms with E-state index < -0.39 is 30.1 Å². The molecule has 0 saturated carbocycles. The van der Waals surface area contributed by atoms with E-state index >= 15 is 0 Å². The van der Waals surface area contributed by atoms with E-state index in [1.54, 1.807) is 0 Å². The molecular weight excluding hydrogens is 323 g/mol. The second-order valence-electron chi connectivity index (χ2n) is 4.34. The van der Waals surface area contributed by atoms with Gasteiger partial charge in [0, 0.05) is 5.75 Å². The molecule has 0 amide bonds. The van der Waals surface area contributed by atoms with Crippen LogP contribution in [-0.2, 0) is 15.8 Å². The van der Waals surface area contributed by atoms with Gasteiger partial charge in [0.15, 0.2) is 12.8 Å². The number of ether oxygens (including phenoxy) is 1. The first-order valence-corrected chi connectivity index (χ1v) is 8.29. The first-order valence-electron chi connectivity index (χ1n) is 5.60. The summed E-state index contributed by atoms with van der Waals surface area (Å²) in [5.74, 6) is 0.284. The van der Waals surface area contributed by atoms with Crippen molar-refractivity contribution in [3.8, 4) is 0 Å². The van der Waals surface area contributed by atoms with Crippen molar-refractivity contribution in [1.29, 1.82) is 0 Å². The summed E-state index contributed by atoms with van der Waals surface area (Å²) in [6, 6.07) is 0. The van der Waals surface area contributed by atoms with E-state index in [4.69, 9.17) is 15.4 Å². The molecular formula is C9H17N4O6PS. The summed E-state index contributed by atoms with van der Waals surface area (Å²) >= 11 is 0.920. The number of aromatic amines is 1. The van der Waals surface area contributed by atoms with Crippen LogP contribution in [0.5, 0.6) is 0 Å². The summed E-state index contributed by atoms with van der Waals surface area (Å²) < 4.78 is 17.2. The minimum Gasteiger partial charge on any atom is -0.776 e. The van der Waals surface area contributed by atoms with Gasteiger partial charge in [-0.1, -0.05) is 0 Å². The number of nitrogen functional groups attached to an aromatic ring is 1. The van der Waals surface area contributed by atoms with Crippen molar-refractivity contribution in [3.05, 3.63) is 26.4 Å². The average molecular weight is 340 g/mol. The van der Waals surface area contributed by atoms with Crippen LogP contribution in [0.15, 0.2) is 9.59 Å². The Labute approximate surface area is 123 Å². The van der Waals surface area contributed by atoms with Crippen LogP contribution < -0.4 is 28.0 Å². The molecule has 8 N–H and O–H groups in total. The highest BCUT2D eigenvalue weighted by molar-refractivity contribution is 8.05. The first-order chi connectivity index (χ1) is 9.20. The topological polar surface area (TPSA) is 187 Å². The number of thioether (sulfide) groups is 1. The second-order valence-corrected chi connectivity index (χ2v) is 7.38. The fourth-order valence-corrected chi connectivity index (χ4v) is 3.91. The molecule has 120 valence electrons. The summed E-state index contributed by atoms with van der Waals surface area (Å²) in [5.41, 5.74) is 4.64. The number of nitrogens with zero attached hydrogens (tertiary/aromatic N) is 1. The zero-order chi connectivity index (χ0) is 15.1. The summed E-state index contributed by atoms with van der Waals surface area (Å²) in [5, 5.41) is -1.34. The van der Waals surface area contributed by atoms with Gasteiger partial charge >= 0.3 is 5.69 Å².